The van der Waals surface area contributed by atoms with Gasteiger partial charge >= 0.3 is 0 Å². The second kappa shape index (κ2) is 6.75. The number of rotatable bonds is 6. The van der Waals surface area contributed by atoms with Gasteiger partial charge in [-0.05, 0) is 23.6 Å². The third-order valence-corrected chi connectivity index (χ3v) is 3.24. The fourth-order valence-electron chi connectivity index (χ4n) is 2.05. The Hall–Kier alpha value is -2.30. The molecule has 0 radical (unpaired) electrons. The molecule has 2 rings (SSSR count). The molecule has 2 aromatic rings. The number of H-pyrrole nitrogens is 1. The Morgan fingerprint density at radius 3 is 2.80 bits per heavy atom. The van der Waals surface area contributed by atoms with Crippen LogP contribution >= 0.6 is 0 Å². The van der Waals surface area contributed by atoms with Crippen molar-refractivity contribution in [1.29, 1.82) is 0 Å². The molecule has 5 heteroatoms. The van der Waals surface area contributed by atoms with Crippen molar-refractivity contribution in [2.75, 3.05) is 12.3 Å². The highest BCUT2D eigenvalue weighted by Crippen LogP contribution is 2.19. The van der Waals surface area contributed by atoms with Crippen LogP contribution in [0.5, 0.6) is 0 Å². The van der Waals surface area contributed by atoms with Crippen LogP contribution in [0, 0.1) is 0 Å². The van der Waals surface area contributed by atoms with Gasteiger partial charge in [0, 0.05) is 37.5 Å². The van der Waals surface area contributed by atoms with E-state index < -0.39 is 0 Å². The Labute approximate surface area is 118 Å². The predicted octanol–water partition coefficient (Wildman–Crippen LogP) is 1.84. The summed E-state index contributed by atoms with van der Waals surface area (Å²) >= 11 is 0. The molecule has 0 fully saturated rings. The lowest BCUT2D eigenvalue weighted by molar-refractivity contribution is -0.121. The number of aromatic nitrogens is 2. The molecule has 1 amide bonds. The molecule has 106 valence electrons. The second-order valence-electron chi connectivity index (χ2n) is 4.91. The maximum atomic E-state index is 11.9. The third kappa shape index (κ3) is 4.12. The first-order valence-electron chi connectivity index (χ1n) is 6.75. The summed E-state index contributed by atoms with van der Waals surface area (Å²) in [6, 6.07) is 7.66. The summed E-state index contributed by atoms with van der Waals surface area (Å²) in [6.07, 6.45) is 4.68. The zero-order valence-electron chi connectivity index (χ0n) is 11.6. The highest BCUT2D eigenvalue weighted by atomic mass is 16.1. The summed E-state index contributed by atoms with van der Waals surface area (Å²) in [5.74, 6) is 1.12. The van der Waals surface area contributed by atoms with Crippen LogP contribution in [-0.4, -0.2) is 22.4 Å². The summed E-state index contributed by atoms with van der Waals surface area (Å²) in [4.78, 5) is 19.0. The molecule has 0 bridgehead atoms. The van der Waals surface area contributed by atoms with Gasteiger partial charge in [-0.25, -0.2) is 4.98 Å². The Bertz CT molecular complexity index is 534. The number of hydrogen-bond acceptors (Lipinski definition) is 3. The number of benzene rings is 1. The van der Waals surface area contributed by atoms with Crippen molar-refractivity contribution in [3.8, 4) is 0 Å². The normalized spacial score (nSPS) is 12.1. The van der Waals surface area contributed by atoms with Crippen molar-refractivity contribution in [1.82, 2.24) is 15.3 Å². The number of carbonyl (C=O) groups is 1. The van der Waals surface area contributed by atoms with E-state index >= 15 is 0 Å². The summed E-state index contributed by atoms with van der Waals surface area (Å²) in [5, 5.41) is 2.91. The highest BCUT2D eigenvalue weighted by Gasteiger charge is 2.10. The maximum absolute atomic E-state index is 11.9. The molecule has 1 atom stereocenters. The lowest BCUT2D eigenvalue weighted by Crippen LogP contribution is -2.26. The van der Waals surface area contributed by atoms with Gasteiger partial charge in [0.15, 0.2) is 0 Å². The van der Waals surface area contributed by atoms with Crippen LogP contribution in [0.25, 0.3) is 0 Å². The largest absolute Gasteiger partial charge is 0.399 e. The molecular weight excluding hydrogens is 252 g/mol. The Balaban J connectivity index is 1.74. The number of aromatic amines is 1. The van der Waals surface area contributed by atoms with Crippen LogP contribution in [0.1, 0.15) is 30.7 Å². The average Bonchev–Trinajstić information content (AvgIpc) is 2.92. The lowest BCUT2D eigenvalue weighted by atomic mass is 9.97. The lowest BCUT2D eigenvalue weighted by Gasteiger charge is -2.12. The molecule has 5 nitrogen and oxygen atoms in total. The van der Waals surface area contributed by atoms with Crippen molar-refractivity contribution >= 4 is 11.6 Å². The number of nitrogens with zero attached hydrogens (tertiary/aromatic N) is 1. The minimum Gasteiger partial charge on any atom is -0.399 e. The van der Waals surface area contributed by atoms with Gasteiger partial charge in [0.2, 0.25) is 5.91 Å². The Morgan fingerprint density at radius 1 is 1.40 bits per heavy atom. The van der Waals surface area contributed by atoms with Crippen molar-refractivity contribution in [2.45, 2.75) is 25.7 Å². The SMILES string of the molecule is CC(CC(=O)NCCc1ncc[nH]1)c1ccc(N)cc1. The van der Waals surface area contributed by atoms with E-state index in [1.54, 1.807) is 12.4 Å². The molecule has 1 unspecified atom stereocenters. The van der Waals surface area contributed by atoms with E-state index in [1.807, 2.05) is 31.2 Å². The second-order valence-corrected chi connectivity index (χ2v) is 4.91. The summed E-state index contributed by atoms with van der Waals surface area (Å²) in [6.45, 7) is 2.64. The Kier molecular flexibility index (Phi) is 4.76. The van der Waals surface area contributed by atoms with Crippen LogP contribution in [0.3, 0.4) is 0 Å². The first kappa shape index (κ1) is 14.1. The molecule has 0 saturated heterocycles. The number of imidazole rings is 1. The van der Waals surface area contributed by atoms with Gasteiger partial charge in [-0.2, -0.15) is 0 Å². The molecule has 20 heavy (non-hydrogen) atoms. The first-order chi connectivity index (χ1) is 9.65. The number of carbonyl (C=O) groups excluding carboxylic acids is 1. The van der Waals surface area contributed by atoms with Crippen LogP contribution in [0.15, 0.2) is 36.7 Å². The third-order valence-electron chi connectivity index (χ3n) is 3.24. The first-order valence-corrected chi connectivity index (χ1v) is 6.75. The van der Waals surface area contributed by atoms with Crippen molar-refractivity contribution < 1.29 is 4.79 Å². The topological polar surface area (TPSA) is 83.8 Å². The van der Waals surface area contributed by atoms with Gasteiger partial charge in [-0.3, -0.25) is 4.79 Å². The van der Waals surface area contributed by atoms with Gasteiger partial charge in [0.05, 0.1) is 0 Å². The van der Waals surface area contributed by atoms with Crippen LogP contribution in [0.2, 0.25) is 0 Å². The van der Waals surface area contributed by atoms with Crippen molar-refractivity contribution in [2.24, 2.45) is 0 Å². The summed E-state index contributed by atoms with van der Waals surface area (Å²) < 4.78 is 0. The Morgan fingerprint density at radius 2 is 2.15 bits per heavy atom. The van der Waals surface area contributed by atoms with E-state index in [9.17, 15) is 4.79 Å². The van der Waals surface area contributed by atoms with Crippen LogP contribution in [0.4, 0.5) is 5.69 Å². The quantitative estimate of drug-likeness (QED) is 0.702. The minimum atomic E-state index is 0.0564. The summed E-state index contributed by atoms with van der Waals surface area (Å²) in [5.41, 5.74) is 7.52. The van der Waals surface area contributed by atoms with Gasteiger partial charge < -0.3 is 16.0 Å². The van der Waals surface area contributed by atoms with Gasteiger partial charge in [0.25, 0.3) is 0 Å². The molecular formula is C15H20N4O. The minimum absolute atomic E-state index is 0.0564. The van der Waals surface area contributed by atoms with Gasteiger partial charge in [-0.1, -0.05) is 19.1 Å². The van der Waals surface area contributed by atoms with E-state index in [-0.39, 0.29) is 11.8 Å². The number of nitrogens with one attached hydrogen (secondary N) is 2. The van der Waals surface area contributed by atoms with E-state index in [4.69, 9.17) is 5.73 Å². The number of anilines is 1. The molecule has 0 saturated carbocycles. The van der Waals surface area contributed by atoms with E-state index in [0.29, 0.717) is 13.0 Å². The highest BCUT2D eigenvalue weighted by molar-refractivity contribution is 5.76. The number of amides is 1. The monoisotopic (exact) mass is 272 g/mol. The zero-order valence-corrected chi connectivity index (χ0v) is 11.6. The molecule has 4 N–H and O–H groups in total. The zero-order chi connectivity index (χ0) is 14.4. The molecule has 0 aliphatic carbocycles. The molecule has 1 aromatic carbocycles. The maximum Gasteiger partial charge on any atom is 0.220 e. The van der Waals surface area contributed by atoms with Crippen molar-refractivity contribution in [3.63, 3.8) is 0 Å². The summed E-state index contributed by atoms with van der Waals surface area (Å²) in [7, 11) is 0. The van der Waals surface area contributed by atoms with Gasteiger partial charge in [-0.15, -0.1) is 0 Å². The van der Waals surface area contributed by atoms with Gasteiger partial charge in [0.1, 0.15) is 5.82 Å². The standard InChI is InChI=1S/C15H20N4O/c1-11(12-2-4-13(16)5-3-12)10-15(20)19-7-6-14-17-8-9-18-14/h2-5,8-9,11H,6-7,10,16H2,1H3,(H,17,18)(H,19,20). The van der Waals surface area contributed by atoms with Crippen molar-refractivity contribution in [3.05, 3.63) is 48.0 Å². The predicted molar refractivity (Wildman–Crippen MR) is 79.2 cm³/mol. The molecule has 1 heterocycles. The molecule has 0 spiro atoms. The van der Waals surface area contributed by atoms with E-state index in [0.717, 1.165) is 23.5 Å². The van der Waals surface area contributed by atoms with E-state index in [1.165, 1.54) is 0 Å². The number of nitrogens with two attached hydrogens (primary N) is 1. The number of nitrogen functional groups attached to an aromatic ring is 1. The molecule has 1 aromatic heterocycles. The fraction of sp³-hybridized carbons (Fsp3) is 0.333. The molecule has 0 aliphatic rings. The smallest absolute Gasteiger partial charge is 0.220 e. The van der Waals surface area contributed by atoms with Crippen LogP contribution in [-0.2, 0) is 11.2 Å². The number of hydrogen-bond donors (Lipinski definition) is 3. The van der Waals surface area contributed by atoms with Crippen LogP contribution < -0.4 is 11.1 Å². The average molecular weight is 272 g/mol. The molecule has 0 aliphatic heterocycles. The fourth-order valence-corrected chi connectivity index (χ4v) is 2.05. The van der Waals surface area contributed by atoms with E-state index in [2.05, 4.69) is 15.3 Å².